The van der Waals surface area contributed by atoms with E-state index in [2.05, 4.69) is 249 Å². The first-order valence-electron chi connectivity index (χ1n) is 35.9. The number of pyridine rings is 1. The molecule has 12 aromatic carbocycles. The van der Waals surface area contributed by atoms with Crippen LogP contribution >= 0.6 is 0 Å². The molecule has 2 unspecified atom stereocenters. The summed E-state index contributed by atoms with van der Waals surface area (Å²) >= 11 is 0. The zero-order chi connectivity index (χ0) is 67.2. The van der Waals surface area contributed by atoms with Crippen LogP contribution in [0, 0.1) is 28.6 Å². The molecule has 22 rings (SSSR count). The Labute approximate surface area is 585 Å². The van der Waals surface area contributed by atoms with Crippen molar-refractivity contribution in [1.82, 2.24) is 22.9 Å². The molecule has 0 saturated heterocycles. The van der Waals surface area contributed by atoms with Gasteiger partial charge in [-0.2, -0.15) is 10.5 Å². The van der Waals surface area contributed by atoms with Gasteiger partial charge in [-0.1, -0.05) is 171 Å². The van der Waals surface area contributed by atoms with Gasteiger partial charge in [0.1, 0.15) is 11.7 Å². The van der Waals surface area contributed by atoms with E-state index < -0.39 is 0 Å². The van der Waals surface area contributed by atoms with Gasteiger partial charge in [0.05, 0.1) is 89.8 Å². The number of para-hydroxylation sites is 3. The molecule has 0 amide bonds. The summed E-state index contributed by atoms with van der Waals surface area (Å²) in [4.78, 5) is 16.8. The van der Waals surface area contributed by atoms with Crippen LogP contribution in [0.3, 0.4) is 0 Å². The van der Waals surface area contributed by atoms with E-state index in [1.807, 2.05) is 42.6 Å². The molecule has 9 heterocycles. The Bertz CT molecular complexity index is 7220. The van der Waals surface area contributed by atoms with Crippen LogP contribution in [0.4, 0.5) is 0 Å². The normalized spacial score (nSPS) is 16.5. The number of rotatable bonds is 5. The standard InChI is InChI=1S/C93H61N9/c1-2-62-82(60-23-15-19-53(45-60)51-94)68-30-5-3-4-6-31-76(68)97-93(62)102-80-43-39-58(48-71(80)75-50-74-67-29-11-13-33-78(67)100-87-63-26-8-7-21-55(63)36-41-69(87)84(91(74)100)92(75)102)57-37-40-64-59(47-57)38-42-70-83-89-72(49-73-66-28-10-14-34-79(66)101(88(64)70)90(73)83)65-27-9-12-32-77(65)99(89)81-35-17-22-56-25-18-44-96-85(56)86(98-81)61-24-16-20-54(46-61)52-95/h5,7-16,18-21,23-30,32-50,62,82H,2-4,6,17,22,31H2,1H3/b30-5-,81-35?,98-86?. The summed E-state index contributed by atoms with van der Waals surface area (Å²) in [6.07, 6.45) is 15.4. The molecule has 0 radical (unpaired) electrons. The molecule has 9 heteroatoms. The number of aromatic nitrogens is 5. The number of nitrogens with zero attached hydrogens (tertiary/aromatic N) is 9. The first kappa shape index (κ1) is 57.0. The van der Waals surface area contributed by atoms with Gasteiger partial charge in [0.15, 0.2) is 0 Å². The van der Waals surface area contributed by atoms with Gasteiger partial charge in [0, 0.05) is 105 Å². The number of benzene rings is 12. The summed E-state index contributed by atoms with van der Waals surface area (Å²) in [5, 5.41) is 39.8. The highest BCUT2D eigenvalue weighted by Gasteiger charge is 2.38. The maximum Gasteiger partial charge on any atom is 0.134 e. The highest BCUT2D eigenvalue weighted by atomic mass is 15.1. The van der Waals surface area contributed by atoms with Crippen LogP contribution in [0.15, 0.2) is 276 Å². The van der Waals surface area contributed by atoms with Gasteiger partial charge in [0.2, 0.25) is 0 Å². The fourth-order valence-electron chi connectivity index (χ4n) is 18.8. The van der Waals surface area contributed by atoms with Crippen LogP contribution in [0.25, 0.3) is 158 Å². The third-order valence-corrected chi connectivity index (χ3v) is 23.1. The van der Waals surface area contributed by atoms with Crippen LogP contribution in [0.5, 0.6) is 0 Å². The van der Waals surface area contributed by atoms with Crippen LogP contribution < -0.4 is 0 Å². The lowest BCUT2D eigenvalue weighted by atomic mass is 9.74. The smallest absolute Gasteiger partial charge is 0.134 e. The van der Waals surface area contributed by atoms with E-state index in [0.717, 1.165) is 129 Å². The van der Waals surface area contributed by atoms with Crippen LogP contribution in [0.2, 0.25) is 0 Å². The van der Waals surface area contributed by atoms with Crippen LogP contribution in [-0.2, 0) is 6.42 Å². The second-order valence-electron chi connectivity index (χ2n) is 28.3. The SMILES string of the molecule is CCC1C(n2c3ccc(-c4ccc5c(ccc6c7c8c(cc9c%10ccccc%10n(c56)c97)c5ccccc5n8C5=CCCc6cccnc6C(c6cccc(C#N)c6)=N5)c4)cc3c3cc4c5ccccc5n5c6c7ccccc7ccc6c(c32)c45)=NC2=C(/C=C\CCCC2)C1c1cccc(C#N)c1. The first-order chi connectivity index (χ1) is 50.5. The van der Waals surface area contributed by atoms with Gasteiger partial charge < -0.3 is 8.80 Å². The van der Waals surface area contributed by atoms with Crippen molar-refractivity contribution in [2.75, 3.05) is 0 Å². The Morgan fingerprint density at radius 3 is 1.81 bits per heavy atom. The van der Waals surface area contributed by atoms with Gasteiger partial charge >= 0.3 is 0 Å². The minimum Gasteiger partial charge on any atom is -0.307 e. The molecule has 3 aliphatic rings. The molecule has 478 valence electrons. The molecular formula is C93H61N9. The Morgan fingerprint density at radius 2 is 1.06 bits per heavy atom. The summed E-state index contributed by atoms with van der Waals surface area (Å²) in [5.41, 5.74) is 22.4. The maximum absolute atomic E-state index is 10.4. The minimum atomic E-state index is -0.0206. The van der Waals surface area contributed by atoms with Gasteiger partial charge in [-0.15, -0.1) is 0 Å². The van der Waals surface area contributed by atoms with Crippen LogP contribution in [0.1, 0.15) is 84.9 Å². The van der Waals surface area contributed by atoms with Gasteiger partial charge in [-0.3, -0.25) is 14.1 Å². The molecule has 1 aliphatic carbocycles. The van der Waals surface area contributed by atoms with E-state index in [0.29, 0.717) is 11.1 Å². The molecule has 2 atom stereocenters. The van der Waals surface area contributed by atoms with Gasteiger partial charge in [0.25, 0.3) is 0 Å². The van der Waals surface area contributed by atoms with Crippen molar-refractivity contribution in [2.24, 2.45) is 15.9 Å². The van der Waals surface area contributed by atoms with Crippen molar-refractivity contribution in [1.29, 1.82) is 10.5 Å². The maximum atomic E-state index is 10.4. The Kier molecular flexibility index (Phi) is 12.0. The van der Waals surface area contributed by atoms with Crippen molar-refractivity contribution >= 4 is 159 Å². The predicted octanol–water partition coefficient (Wildman–Crippen LogP) is 23.1. The predicted molar refractivity (Wildman–Crippen MR) is 421 cm³/mol. The molecule has 0 bridgehead atoms. The third-order valence-electron chi connectivity index (χ3n) is 23.1. The van der Waals surface area contributed by atoms with Crippen LogP contribution in [-0.4, -0.2) is 34.5 Å². The molecule has 9 nitrogen and oxygen atoms in total. The van der Waals surface area contributed by atoms with E-state index in [1.54, 1.807) is 0 Å². The third kappa shape index (κ3) is 7.82. The lowest BCUT2D eigenvalue weighted by Gasteiger charge is -2.35. The number of hydrogen-bond acceptors (Lipinski definition) is 5. The van der Waals surface area contributed by atoms with E-state index in [-0.39, 0.29) is 11.8 Å². The van der Waals surface area contributed by atoms with Crippen molar-refractivity contribution in [3.8, 4) is 23.3 Å². The average Bonchev–Trinajstić information content (AvgIpc) is 1.52. The number of allylic oxidation sites excluding steroid dienone is 5. The zero-order valence-corrected chi connectivity index (χ0v) is 55.9. The summed E-state index contributed by atoms with van der Waals surface area (Å²) < 4.78 is 10.1. The zero-order valence-electron chi connectivity index (χ0n) is 55.9. The highest BCUT2D eigenvalue weighted by Crippen LogP contribution is 2.53. The molecule has 2 aliphatic heterocycles. The Morgan fingerprint density at radius 1 is 0.441 bits per heavy atom. The number of fused-ring (bicyclic) bond motifs is 25. The van der Waals surface area contributed by atoms with E-state index in [4.69, 9.17) is 15.0 Å². The Hall–Kier alpha value is -13.0. The minimum absolute atomic E-state index is 0.0155. The molecule has 102 heavy (non-hydrogen) atoms. The lowest BCUT2D eigenvalue weighted by molar-refractivity contribution is 0.548. The van der Waals surface area contributed by atoms with Crippen molar-refractivity contribution in [3.05, 3.63) is 300 Å². The fraction of sp³-hybridized carbons (Fsp3) is 0.108. The van der Waals surface area contributed by atoms with Crippen molar-refractivity contribution in [2.45, 2.75) is 57.8 Å². The molecule has 7 aromatic heterocycles. The number of aliphatic imine (C=N–C) groups is 2. The molecule has 19 aromatic rings. The topological polar surface area (TPSA) is 104 Å². The fourth-order valence-corrected chi connectivity index (χ4v) is 18.8. The largest absolute Gasteiger partial charge is 0.307 e. The van der Waals surface area contributed by atoms with E-state index >= 15 is 0 Å². The Balaban J connectivity index is 0.795. The summed E-state index contributed by atoms with van der Waals surface area (Å²) in [6, 6.07) is 89.5. The summed E-state index contributed by atoms with van der Waals surface area (Å²) in [6.45, 7) is 2.33. The second kappa shape index (κ2) is 21.5. The molecule has 0 saturated carbocycles. The molecular weight excluding hydrogens is 1240 g/mol. The molecule has 0 spiro atoms. The lowest BCUT2D eigenvalue weighted by Crippen LogP contribution is -2.32. The van der Waals surface area contributed by atoms with Crippen molar-refractivity contribution in [3.63, 3.8) is 0 Å². The van der Waals surface area contributed by atoms with E-state index in [9.17, 15) is 10.5 Å². The van der Waals surface area contributed by atoms with Crippen molar-refractivity contribution < 1.29 is 0 Å². The van der Waals surface area contributed by atoms with Gasteiger partial charge in [-0.25, -0.2) is 9.98 Å². The average molecular weight is 1300 g/mol. The highest BCUT2D eigenvalue weighted by molar-refractivity contribution is 6.39. The molecule has 0 N–H and O–H groups in total. The van der Waals surface area contributed by atoms with Gasteiger partial charge in [-0.05, 0) is 168 Å². The molecule has 0 fully saturated rings. The summed E-state index contributed by atoms with van der Waals surface area (Å²) in [5.74, 6) is 1.85. The number of nitriles is 2. The quantitative estimate of drug-likeness (QED) is 0.171. The first-order valence-corrected chi connectivity index (χ1v) is 35.9. The number of hydrogen-bond donors (Lipinski definition) is 0. The number of aryl methyl sites for hydroxylation is 1. The second-order valence-corrected chi connectivity index (χ2v) is 28.3. The summed E-state index contributed by atoms with van der Waals surface area (Å²) in [7, 11) is 0. The monoisotopic (exact) mass is 1300 g/mol. The van der Waals surface area contributed by atoms with E-state index in [1.165, 1.54) is 120 Å².